The van der Waals surface area contributed by atoms with Crippen molar-refractivity contribution in [2.45, 2.75) is 13.5 Å². The molecule has 0 radical (unpaired) electrons. The van der Waals surface area contributed by atoms with Gasteiger partial charge in [0.05, 0.1) is 27.4 Å². The Hall–Kier alpha value is -2.08. The van der Waals surface area contributed by atoms with E-state index in [4.69, 9.17) is 16.3 Å². The van der Waals surface area contributed by atoms with Crippen LogP contribution in [-0.4, -0.2) is 14.7 Å². The number of halogens is 1. The van der Waals surface area contributed by atoms with Crippen molar-refractivity contribution in [2.24, 2.45) is 7.05 Å². The zero-order valence-electron chi connectivity index (χ0n) is 10.5. The first-order valence-corrected chi connectivity index (χ1v) is 5.91. The molecule has 2 aromatic rings. The van der Waals surface area contributed by atoms with E-state index in [1.54, 1.807) is 11.7 Å². The second kappa shape index (κ2) is 5.27. The van der Waals surface area contributed by atoms with Gasteiger partial charge in [-0.3, -0.25) is 14.8 Å². The minimum absolute atomic E-state index is 0.0550. The van der Waals surface area contributed by atoms with Gasteiger partial charge in [-0.05, 0) is 19.1 Å². The highest BCUT2D eigenvalue weighted by atomic mass is 35.5. The molecular weight excluding hydrogens is 270 g/mol. The van der Waals surface area contributed by atoms with Crippen LogP contribution in [0.5, 0.6) is 5.75 Å². The lowest BCUT2D eigenvalue weighted by Crippen LogP contribution is -2.03. The van der Waals surface area contributed by atoms with Gasteiger partial charge in [0.2, 0.25) is 0 Å². The van der Waals surface area contributed by atoms with E-state index < -0.39 is 4.92 Å². The van der Waals surface area contributed by atoms with Gasteiger partial charge < -0.3 is 4.74 Å². The molecule has 1 heterocycles. The normalized spacial score (nSPS) is 10.5. The van der Waals surface area contributed by atoms with E-state index in [0.717, 1.165) is 11.4 Å². The molecule has 0 aliphatic carbocycles. The van der Waals surface area contributed by atoms with Crippen LogP contribution in [0.1, 0.15) is 11.4 Å². The molecule has 0 aliphatic heterocycles. The number of hydrogen-bond donors (Lipinski definition) is 0. The Morgan fingerprint density at radius 1 is 1.47 bits per heavy atom. The summed E-state index contributed by atoms with van der Waals surface area (Å²) in [5, 5.41) is 15.2. The molecule has 100 valence electrons. The number of benzene rings is 1. The average molecular weight is 282 g/mol. The standard InChI is InChI=1S/C12H12ClN3O3/c1-8-5-10(15(2)14-8)7-19-12-6-9(16(17)18)3-4-11(12)13/h3-6H,7H2,1-2H3. The number of nitrogens with zero attached hydrogens (tertiary/aromatic N) is 3. The second-order valence-corrected chi connectivity index (χ2v) is 4.47. The molecule has 0 spiro atoms. The maximum absolute atomic E-state index is 10.7. The zero-order valence-corrected chi connectivity index (χ0v) is 11.2. The molecule has 2 rings (SSSR count). The molecule has 1 aromatic carbocycles. The number of aromatic nitrogens is 2. The highest BCUT2D eigenvalue weighted by Gasteiger charge is 2.11. The summed E-state index contributed by atoms with van der Waals surface area (Å²) in [6.45, 7) is 2.13. The Kier molecular flexibility index (Phi) is 3.71. The molecule has 19 heavy (non-hydrogen) atoms. The lowest BCUT2D eigenvalue weighted by molar-refractivity contribution is -0.384. The van der Waals surface area contributed by atoms with Crippen LogP contribution in [0.25, 0.3) is 0 Å². The summed E-state index contributed by atoms with van der Waals surface area (Å²) < 4.78 is 7.21. The minimum atomic E-state index is -0.489. The monoisotopic (exact) mass is 281 g/mol. The Bertz CT molecular complexity index is 625. The number of nitro groups is 1. The number of nitro benzene ring substituents is 1. The van der Waals surface area contributed by atoms with Crippen LogP contribution in [0.4, 0.5) is 5.69 Å². The van der Waals surface area contributed by atoms with Crippen molar-refractivity contribution in [3.63, 3.8) is 0 Å². The highest BCUT2D eigenvalue weighted by Crippen LogP contribution is 2.29. The summed E-state index contributed by atoms with van der Waals surface area (Å²) in [6.07, 6.45) is 0. The number of non-ortho nitro benzene ring substituents is 1. The Balaban J connectivity index is 2.17. The van der Waals surface area contributed by atoms with Crippen molar-refractivity contribution in [3.8, 4) is 5.75 Å². The van der Waals surface area contributed by atoms with Gasteiger partial charge >= 0.3 is 0 Å². The molecule has 0 fully saturated rings. The Morgan fingerprint density at radius 3 is 2.79 bits per heavy atom. The molecule has 0 N–H and O–H groups in total. The van der Waals surface area contributed by atoms with Gasteiger partial charge in [0.1, 0.15) is 12.4 Å². The van der Waals surface area contributed by atoms with E-state index in [1.807, 2.05) is 13.0 Å². The van der Waals surface area contributed by atoms with Gasteiger partial charge in [0.25, 0.3) is 5.69 Å². The fourth-order valence-corrected chi connectivity index (χ4v) is 1.84. The van der Waals surface area contributed by atoms with Crippen molar-refractivity contribution >= 4 is 17.3 Å². The fourth-order valence-electron chi connectivity index (χ4n) is 1.67. The summed E-state index contributed by atoms with van der Waals surface area (Å²) >= 11 is 5.94. The quantitative estimate of drug-likeness (QED) is 0.638. The summed E-state index contributed by atoms with van der Waals surface area (Å²) in [5.74, 6) is 0.287. The lowest BCUT2D eigenvalue weighted by Gasteiger charge is -2.07. The molecule has 0 unspecified atom stereocenters. The predicted molar refractivity (Wildman–Crippen MR) is 70.4 cm³/mol. The van der Waals surface area contributed by atoms with Gasteiger partial charge in [-0.15, -0.1) is 0 Å². The van der Waals surface area contributed by atoms with E-state index in [9.17, 15) is 10.1 Å². The van der Waals surface area contributed by atoms with Gasteiger partial charge in [-0.25, -0.2) is 0 Å². The third kappa shape index (κ3) is 3.03. The number of ether oxygens (including phenoxy) is 1. The van der Waals surface area contributed by atoms with Crippen molar-refractivity contribution < 1.29 is 9.66 Å². The van der Waals surface area contributed by atoms with Gasteiger partial charge in [0.15, 0.2) is 0 Å². The molecule has 0 saturated heterocycles. The molecular formula is C12H12ClN3O3. The topological polar surface area (TPSA) is 70.2 Å². The van der Waals surface area contributed by atoms with E-state index in [0.29, 0.717) is 5.02 Å². The summed E-state index contributed by atoms with van der Waals surface area (Å²) in [4.78, 5) is 10.2. The van der Waals surface area contributed by atoms with Crippen LogP contribution in [0.15, 0.2) is 24.3 Å². The summed E-state index contributed by atoms with van der Waals surface area (Å²) in [5.41, 5.74) is 1.69. The SMILES string of the molecule is Cc1cc(COc2cc([N+](=O)[O-])ccc2Cl)n(C)n1. The first-order chi connectivity index (χ1) is 8.97. The van der Waals surface area contributed by atoms with E-state index >= 15 is 0 Å². The first kappa shape index (κ1) is 13.4. The van der Waals surface area contributed by atoms with Crippen LogP contribution in [0.3, 0.4) is 0 Å². The van der Waals surface area contributed by atoms with Crippen molar-refractivity contribution in [3.05, 3.63) is 50.8 Å². The first-order valence-electron chi connectivity index (χ1n) is 5.53. The molecule has 6 nitrogen and oxygen atoms in total. The largest absolute Gasteiger partial charge is 0.485 e. The van der Waals surface area contributed by atoms with Gasteiger partial charge in [-0.1, -0.05) is 11.6 Å². The van der Waals surface area contributed by atoms with E-state index in [2.05, 4.69) is 5.10 Å². The second-order valence-electron chi connectivity index (χ2n) is 4.06. The smallest absolute Gasteiger partial charge is 0.273 e. The average Bonchev–Trinajstić information content (AvgIpc) is 2.66. The Labute approximate surface area is 114 Å². The molecule has 0 aliphatic rings. The van der Waals surface area contributed by atoms with Crippen molar-refractivity contribution in [2.75, 3.05) is 0 Å². The van der Waals surface area contributed by atoms with Crippen LogP contribution in [-0.2, 0) is 13.7 Å². The van der Waals surface area contributed by atoms with Crippen molar-refractivity contribution in [1.82, 2.24) is 9.78 Å². The van der Waals surface area contributed by atoms with Crippen LogP contribution in [0, 0.1) is 17.0 Å². The maximum Gasteiger partial charge on any atom is 0.273 e. The van der Waals surface area contributed by atoms with Crippen LogP contribution >= 0.6 is 11.6 Å². The summed E-state index contributed by atoms with van der Waals surface area (Å²) in [6, 6.07) is 5.98. The molecule has 0 bridgehead atoms. The third-order valence-electron chi connectivity index (χ3n) is 2.60. The molecule has 0 saturated carbocycles. The lowest BCUT2D eigenvalue weighted by atomic mass is 10.3. The van der Waals surface area contributed by atoms with E-state index in [-0.39, 0.29) is 18.0 Å². The minimum Gasteiger partial charge on any atom is -0.485 e. The van der Waals surface area contributed by atoms with Crippen molar-refractivity contribution in [1.29, 1.82) is 0 Å². The molecule has 0 atom stereocenters. The number of hydrogen-bond acceptors (Lipinski definition) is 4. The van der Waals surface area contributed by atoms with E-state index in [1.165, 1.54) is 18.2 Å². The summed E-state index contributed by atoms with van der Waals surface area (Å²) in [7, 11) is 1.81. The number of rotatable bonds is 4. The molecule has 7 heteroatoms. The predicted octanol–water partition coefficient (Wildman–Crippen LogP) is 2.87. The zero-order chi connectivity index (χ0) is 14.0. The highest BCUT2D eigenvalue weighted by molar-refractivity contribution is 6.32. The van der Waals surface area contributed by atoms with Gasteiger partial charge in [-0.2, -0.15) is 5.10 Å². The van der Waals surface area contributed by atoms with Crippen LogP contribution in [0.2, 0.25) is 5.02 Å². The molecule has 0 amide bonds. The van der Waals surface area contributed by atoms with Crippen LogP contribution < -0.4 is 4.74 Å². The van der Waals surface area contributed by atoms with Gasteiger partial charge in [0, 0.05) is 13.1 Å². The molecule has 1 aromatic heterocycles. The fraction of sp³-hybridized carbons (Fsp3) is 0.250. The third-order valence-corrected chi connectivity index (χ3v) is 2.91. The Morgan fingerprint density at radius 2 is 2.21 bits per heavy atom. The maximum atomic E-state index is 10.7. The number of aryl methyl sites for hydroxylation is 2.